The van der Waals surface area contributed by atoms with Crippen molar-refractivity contribution in [2.24, 2.45) is 5.18 Å². The zero-order chi connectivity index (χ0) is 24.2. The SMILES string of the molecule is CCOC(=O)c1c(C)[nH]c(/C=C2/c3cc(C(=O)N=O)ccc3NC2O)c1CCCN1CCCC1. The highest BCUT2D eigenvalue weighted by Crippen LogP contribution is 2.37. The normalized spacial score (nSPS) is 18.7. The number of carbonyl (C=O) groups is 2. The number of aliphatic hydroxyl groups excluding tert-OH is 1. The largest absolute Gasteiger partial charge is 0.462 e. The number of aromatic amines is 1. The van der Waals surface area contributed by atoms with E-state index in [0.29, 0.717) is 34.5 Å². The van der Waals surface area contributed by atoms with Crippen LogP contribution in [0.4, 0.5) is 5.69 Å². The van der Waals surface area contributed by atoms with E-state index in [0.717, 1.165) is 37.3 Å². The molecule has 34 heavy (non-hydrogen) atoms. The van der Waals surface area contributed by atoms with E-state index in [2.05, 4.69) is 20.4 Å². The number of H-pyrrole nitrogens is 1. The minimum atomic E-state index is -1.00. The third-order valence-corrected chi connectivity index (χ3v) is 6.45. The van der Waals surface area contributed by atoms with E-state index in [1.807, 2.05) is 6.92 Å². The molecule has 9 nitrogen and oxygen atoms in total. The molecule has 2 aliphatic rings. The molecule has 0 spiro atoms. The number of likely N-dealkylation sites (tertiary alicyclic amines) is 1. The van der Waals surface area contributed by atoms with Crippen molar-refractivity contribution < 1.29 is 19.4 Å². The number of benzene rings is 1. The van der Waals surface area contributed by atoms with Crippen molar-refractivity contribution in [2.45, 2.75) is 45.8 Å². The Bertz CT molecular complexity index is 1130. The van der Waals surface area contributed by atoms with Crippen molar-refractivity contribution in [1.29, 1.82) is 0 Å². The third-order valence-electron chi connectivity index (χ3n) is 6.45. The van der Waals surface area contributed by atoms with E-state index >= 15 is 0 Å². The molecule has 3 N–H and O–H groups in total. The van der Waals surface area contributed by atoms with Gasteiger partial charge in [0.2, 0.25) is 0 Å². The molecule has 1 saturated heterocycles. The van der Waals surface area contributed by atoms with Crippen LogP contribution in [0.2, 0.25) is 0 Å². The summed E-state index contributed by atoms with van der Waals surface area (Å²) in [6.07, 6.45) is 4.81. The molecule has 0 saturated carbocycles. The van der Waals surface area contributed by atoms with Gasteiger partial charge in [0.15, 0.2) is 6.23 Å². The average Bonchev–Trinajstić information content (AvgIpc) is 3.52. The molecule has 1 atom stereocenters. The van der Waals surface area contributed by atoms with Crippen molar-refractivity contribution in [3.8, 4) is 0 Å². The quantitative estimate of drug-likeness (QED) is 0.400. The van der Waals surface area contributed by atoms with E-state index in [4.69, 9.17) is 4.74 Å². The second kappa shape index (κ2) is 10.3. The number of rotatable bonds is 8. The fourth-order valence-corrected chi connectivity index (χ4v) is 4.83. The summed E-state index contributed by atoms with van der Waals surface area (Å²) in [6, 6.07) is 4.68. The van der Waals surface area contributed by atoms with Gasteiger partial charge in [-0.05, 0) is 89.0 Å². The van der Waals surface area contributed by atoms with Gasteiger partial charge in [-0.2, -0.15) is 0 Å². The molecular weight excluding hydrogens is 436 g/mol. The number of nitrogens with one attached hydrogen (secondary N) is 2. The van der Waals surface area contributed by atoms with E-state index in [1.54, 1.807) is 25.1 Å². The first-order valence-corrected chi connectivity index (χ1v) is 11.7. The van der Waals surface area contributed by atoms with Gasteiger partial charge in [0.25, 0.3) is 0 Å². The first kappa shape index (κ1) is 23.8. The number of fused-ring (bicyclic) bond motifs is 1. The summed E-state index contributed by atoms with van der Waals surface area (Å²) in [7, 11) is 0. The number of aryl methyl sites for hydroxylation is 1. The average molecular weight is 467 g/mol. The summed E-state index contributed by atoms with van der Waals surface area (Å²) in [5.74, 6) is -1.24. The molecule has 2 aliphatic heterocycles. The Kier molecular flexibility index (Phi) is 7.23. The zero-order valence-corrected chi connectivity index (χ0v) is 19.5. The molecule has 3 heterocycles. The summed E-state index contributed by atoms with van der Waals surface area (Å²) in [5.41, 5.74) is 4.74. The number of nitroso groups, excluding NO2 is 1. The molecule has 1 amide bonds. The maximum absolute atomic E-state index is 12.8. The lowest BCUT2D eigenvalue weighted by molar-refractivity contribution is 0.0524. The molecule has 1 aromatic heterocycles. The predicted molar refractivity (Wildman–Crippen MR) is 130 cm³/mol. The van der Waals surface area contributed by atoms with Gasteiger partial charge >= 0.3 is 11.9 Å². The molecule has 0 aliphatic carbocycles. The first-order chi connectivity index (χ1) is 16.4. The lowest BCUT2D eigenvalue weighted by atomic mass is 9.99. The number of aliphatic hydroxyl groups is 1. The molecule has 1 aromatic carbocycles. The van der Waals surface area contributed by atoms with Gasteiger partial charge in [0.05, 0.1) is 12.2 Å². The van der Waals surface area contributed by atoms with Gasteiger partial charge < -0.3 is 25.0 Å². The lowest BCUT2D eigenvalue weighted by Crippen LogP contribution is -2.21. The Morgan fingerprint density at radius 2 is 2.06 bits per heavy atom. The smallest absolute Gasteiger partial charge is 0.340 e. The number of carbonyl (C=O) groups excluding carboxylic acids is 2. The van der Waals surface area contributed by atoms with Crippen LogP contribution in [0.1, 0.15) is 69.4 Å². The van der Waals surface area contributed by atoms with E-state index in [1.165, 1.54) is 18.9 Å². The minimum Gasteiger partial charge on any atom is -0.462 e. The van der Waals surface area contributed by atoms with E-state index in [-0.39, 0.29) is 18.1 Å². The van der Waals surface area contributed by atoms with Crippen molar-refractivity contribution in [3.05, 3.63) is 56.7 Å². The van der Waals surface area contributed by atoms with Crippen molar-refractivity contribution >= 4 is 29.2 Å². The standard InChI is InChI=1S/C25H30N4O5/c1-3-34-25(32)22-15(2)26-21(17(22)7-6-12-29-10-4-5-11-29)14-19-18-13-16(23(30)28-33)8-9-20(18)27-24(19)31/h8-9,13-14,24,26-27,31H,3-7,10-12H2,1-2H3/b19-14-. The Morgan fingerprint density at radius 1 is 1.29 bits per heavy atom. The summed E-state index contributed by atoms with van der Waals surface area (Å²) < 4.78 is 5.32. The summed E-state index contributed by atoms with van der Waals surface area (Å²) >= 11 is 0. The van der Waals surface area contributed by atoms with Crippen molar-refractivity contribution in [2.75, 3.05) is 31.6 Å². The van der Waals surface area contributed by atoms with Gasteiger partial charge in [-0.3, -0.25) is 4.79 Å². The number of aromatic nitrogens is 1. The van der Waals surface area contributed by atoms with Gasteiger partial charge in [-0.15, -0.1) is 4.91 Å². The van der Waals surface area contributed by atoms with Crippen LogP contribution < -0.4 is 5.32 Å². The van der Waals surface area contributed by atoms with Gasteiger partial charge in [0, 0.05) is 39.0 Å². The lowest BCUT2D eigenvalue weighted by Gasteiger charge is -2.14. The fourth-order valence-electron chi connectivity index (χ4n) is 4.83. The number of anilines is 1. The number of amides is 1. The molecule has 0 bridgehead atoms. The zero-order valence-electron chi connectivity index (χ0n) is 19.5. The molecule has 180 valence electrons. The minimum absolute atomic E-state index is 0.149. The number of ether oxygens (including phenoxy) is 1. The maximum atomic E-state index is 12.8. The van der Waals surface area contributed by atoms with Crippen LogP contribution in [-0.4, -0.2) is 59.3 Å². The predicted octanol–water partition coefficient (Wildman–Crippen LogP) is 3.72. The van der Waals surface area contributed by atoms with Gasteiger partial charge in [0.1, 0.15) is 0 Å². The van der Waals surface area contributed by atoms with E-state index in [9.17, 15) is 19.6 Å². The molecule has 2 aromatic rings. The highest BCUT2D eigenvalue weighted by molar-refractivity contribution is 6.01. The second-order valence-corrected chi connectivity index (χ2v) is 8.69. The van der Waals surface area contributed by atoms with Crippen molar-refractivity contribution in [1.82, 2.24) is 9.88 Å². The van der Waals surface area contributed by atoms with Crippen molar-refractivity contribution in [3.63, 3.8) is 0 Å². The topological polar surface area (TPSA) is 124 Å². The summed E-state index contributed by atoms with van der Waals surface area (Å²) in [6.45, 7) is 7.07. The Hall–Kier alpha value is -3.30. The van der Waals surface area contributed by atoms with Crippen LogP contribution in [0.25, 0.3) is 11.6 Å². The highest BCUT2D eigenvalue weighted by Gasteiger charge is 2.28. The monoisotopic (exact) mass is 466 g/mol. The van der Waals surface area contributed by atoms with Gasteiger partial charge in [-0.25, -0.2) is 4.79 Å². The number of hydrogen-bond donors (Lipinski definition) is 3. The van der Waals surface area contributed by atoms with Crippen LogP contribution in [0.5, 0.6) is 0 Å². The number of hydrogen-bond acceptors (Lipinski definition) is 7. The first-order valence-electron chi connectivity index (χ1n) is 11.7. The van der Waals surface area contributed by atoms with Crippen LogP contribution >= 0.6 is 0 Å². The number of nitrogens with zero attached hydrogens (tertiary/aromatic N) is 2. The van der Waals surface area contributed by atoms with Crippen LogP contribution in [0, 0.1) is 11.8 Å². The molecular formula is C25H30N4O5. The van der Waals surface area contributed by atoms with E-state index < -0.39 is 12.1 Å². The van der Waals surface area contributed by atoms with Crippen LogP contribution in [-0.2, 0) is 11.2 Å². The third kappa shape index (κ3) is 4.80. The van der Waals surface area contributed by atoms with Gasteiger partial charge in [-0.1, -0.05) is 0 Å². The molecule has 4 rings (SSSR count). The maximum Gasteiger partial charge on any atom is 0.340 e. The second-order valence-electron chi connectivity index (χ2n) is 8.69. The fraction of sp³-hybridized carbons (Fsp3) is 0.440. The molecule has 0 radical (unpaired) electrons. The van der Waals surface area contributed by atoms with Crippen LogP contribution in [0.15, 0.2) is 23.4 Å². The Labute approximate surface area is 198 Å². The molecule has 1 unspecified atom stereocenters. The number of esters is 1. The molecule has 9 heteroatoms. The molecule has 1 fully saturated rings. The highest BCUT2D eigenvalue weighted by atomic mass is 16.5. The Balaban J connectivity index is 1.70. The summed E-state index contributed by atoms with van der Waals surface area (Å²) in [4.78, 5) is 41.0. The Morgan fingerprint density at radius 3 is 2.76 bits per heavy atom. The van der Waals surface area contributed by atoms with Crippen LogP contribution in [0.3, 0.4) is 0 Å². The summed E-state index contributed by atoms with van der Waals surface area (Å²) in [5, 5.41) is 16.1.